The molecule has 1 amide bonds. The van der Waals surface area contributed by atoms with Crippen molar-refractivity contribution in [2.75, 3.05) is 11.4 Å². The minimum Gasteiger partial charge on any atom is -0.308 e. The molecular weight excluding hydrogens is 407 g/mol. The maximum absolute atomic E-state index is 14.4. The third-order valence-electron chi connectivity index (χ3n) is 5.24. The number of carbonyl (C=O) groups excluding carboxylic acids is 1. The molecular formula is C25H23FN4O2. The van der Waals surface area contributed by atoms with Crippen LogP contribution in [0.2, 0.25) is 0 Å². The Bertz CT molecular complexity index is 1300. The van der Waals surface area contributed by atoms with Crippen LogP contribution in [0.4, 0.5) is 10.1 Å². The molecule has 0 N–H and O–H groups in total. The minimum absolute atomic E-state index is 0.199. The Labute approximate surface area is 185 Å². The number of halogens is 1. The molecule has 0 saturated heterocycles. The van der Waals surface area contributed by atoms with E-state index in [0.29, 0.717) is 30.5 Å². The van der Waals surface area contributed by atoms with E-state index in [1.165, 1.54) is 15.6 Å². The highest BCUT2D eigenvalue weighted by molar-refractivity contribution is 5.93. The number of nitrogens with zero attached hydrogens (tertiary/aromatic N) is 4. The minimum atomic E-state index is -0.480. The van der Waals surface area contributed by atoms with Gasteiger partial charge < -0.3 is 4.90 Å². The van der Waals surface area contributed by atoms with E-state index in [1.54, 1.807) is 42.7 Å². The standard InChI is InChI=1S/C25H23FN4O2/c1-2-15-29(23-10-6-5-9-21(23)26)24(31)17-30-25(32)20-8-4-3-7-19(20)22(28-30)16-18-11-13-27-14-12-18/h3-14H,2,15-17H2,1H3. The predicted octanol–water partition coefficient (Wildman–Crippen LogP) is 3.96. The second-order valence-electron chi connectivity index (χ2n) is 7.48. The van der Waals surface area contributed by atoms with Gasteiger partial charge in [0.05, 0.1) is 16.8 Å². The van der Waals surface area contributed by atoms with Crippen LogP contribution in [0.1, 0.15) is 24.6 Å². The third-order valence-corrected chi connectivity index (χ3v) is 5.24. The molecule has 0 radical (unpaired) electrons. The lowest BCUT2D eigenvalue weighted by Gasteiger charge is -2.23. The molecule has 7 heteroatoms. The van der Waals surface area contributed by atoms with Crippen LogP contribution < -0.4 is 10.5 Å². The molecule has 0 aliphatic carbocycles. The second-order valence-corrected chi connectivity index (χ2v) is 7.48. The molecule has 2 heterocycles. The molecule has 0 saturated carbocycles. The van der Waals surface area contributed by atoms with Crippen molar-refractivity contribution in [1.29, 1.82) is 0 Å². The fraction of sp³-hybridized carbons (Fsp3) is 0.200. The molecule has 4 aromatic rings. The largest absolute Gasteiger partial charge is 0.308 e. The first-order valence-corrected chi connectivity index (χ1v) is 10.5. The van der Waals surface area contributed by atoms with E-state index in [0.717, 1.165) is 10.9 Å². The summed E-state index contributed by atoms with van der Waals surface area (Å²) in [7, 11) is 0. The van der Waals surface area contributed by atoms with E-state index in [4.69, 9.17) is 0 Å². The Morgan fingerprint density at radius 1 is 1.00 bits per heavy atom. The van der Waals surface area contributed by atoms with E-state index in [2.05, 4.69) is 10.1 Å². The van der Waals surface area contributed by atoms with Gasteiger partial charge in [-0.25, -0.2) is 9.07 Å². The van der Waals surface area contributed by atoms with Crippen LogP contribution in [0, 0.1) is 5.82 Å². The van der Waals surface area contributed by atoms with E-state index in [1.807, 2.05) is 31.2 Å². The number of para-hydroxylation sites is 1. The lowest BCUT2D eigenvalue weighted by molar-refractivity contribution is -0.119. The topological polar surface area (TPSA) is 68.1 Å². The molecule has 0 atom stereocenters. The molecule has 162 valence electrons. The number of hydrogen-bond acceptors (Lipinski definition) is 4. The highest BCUT2D eigenvalue weighted by Gasteiger charge is 2.20. The van der Waals surface area contributed by atoms with Gasteiger partial charge in [0.25, 0.3) is 5.56 Å². The van der Waals surface area contributed by atoms with Crippen molar-refractivity contribution in [3.63, 3.8) is 0 Å². The lowest BCUT2D eigenvalue weighted by atomic mass is 10.1. The Hall–Kier alpha value is -3.87. The number of rotatable bonds is 7. The molecule has 0 aliphatic rings. The summed E-state index contributed by atoms with van der Waals surface area (Å²) in [6, 6.07) is 17.1. The summed E-state index contributed by atoms with van der Waals surface area (Å²) < 4.78 is 15.6. The van der Waals surface area contributed by atoms with Crippen LogP contribution in [0.25, 0.3) is 10.8 Å². The molecule has 2 aromatic heterocycles. The van der Waals surface area contributed by atoms with E-state index in [9.17, 15) is 14.0 Å². The first-order valence-electron chi connectivity index (χ1n) is 10.5. The number of benzene rings is 2. The summed E-state index contributed by atoms with van der Waals surface area (Å²) in [5, 5.41) is 5.78. The van der Waals surface area contributed by atoms with E-state index in [-0.39, 0.29) is 17.8 Å². The van der Waals surface area contributed by atoms with Crippen LogP contribution in [-0.4, -0.2) is 27.2 Å². The summed E-state index contributed by atoms with van der Waals surface area (Å²) in [6.45, 7) is 1.97. The van der Waals surface area contributed by atoms with Gasteiger partial charge in [-0.1, -0.05) is 37.3 Å². The van der Waals surface area contributed by atoms with Crippen molar-refractivity contribution >= 4 is 22.4 Å². The van der Waals surface area contributed by atoms with Crippen LogP contribution in [0.3, 0.4) is 0 Å². The van der Waals surface area contributed by atoms with Crippen molar-refractivity contribution in [3.8, 4) is 0 Å². The number of amides is 1. The summed E-state index contributed by atoms with van der Waals surface area (Å²) in [6.07, 6.45) is 4.54. The zero-order chi connectivity index (χ0) is 22.5. The van der Waals surface area contributed by atoms with Gasteiger partial charge in [-0.05, 0) is 42.3 Å². The van der Waals surface area contributed by atoms with E-state index < -0.39 is 11.7 Å². The van der Waals surface area contributed by atoms with Crippen LogP contribution >= 0.6 is 0 Å². The van der Waals surface area contributed by atoms with Gasteiger partial charge in [-0.15, -0.1) is 0 Å². The number of hydrogen-bond donors (Lipinski definition) is 0. The number of aromatic nitrogens is 3. The summed E-state index contributed by atoms with van der Waals surface area (Å²) in [5.74, 6) is -0.872. The maximum Gasteiger partial charge on any atom is 0.275 e. The summed E-state index contributed by atoms with van der Waals surface area (Å²) in [5.41, 5.74) is 1.53. The van der Waals surface area contributed by atoms with Crippen molar-refractivity contribution in [1.82, 2.24) is 14.8 Å². The zero-order valence-corrected chi connectivity index (χ0v) is 17.7. The molecule has 0 fully saturated rings. The quantitative estimate of drug-likeness (QED) is 0.445. The van der Waals surface area contributed by atoms with Crippen molar-refractivity contribution < 1.29 is 9.18 Å². The second kappa shape index (κ2) is 9.51. The van der Waals surface area contributed by atoms with Gasteiger partial charge in [0.2, 0.25) is 5.91 Å². The van der Waals surface area contributed by atoms with Gasteiger partial charge in [0.1, 0.15) is 12.4 Å². The molecule has 6 nitrogen and oxygen atoms in total. The highest BCUT2D eigenvalue weighted by Crippen LogP contribution is 2.20. The molecule has 2 aromatic carbocycles. The molecule has 0 spiro atoms. The molecule has 4 rings (SSSR count). The Balaban J connectivity index is 1.73. The fourth-order valence-electron chi connectivity index (χ4n) is 3.72. The maximum atomic E-state index is 14.4. The van der Waals surface area contributed by atoms with Crippen LogP contribution in [0.5, 0.6) is 0 Å². The van der Waals surface area contributed by atoms with Crippen LogP contribution in [0.15, 0.2) is 77.9 Å². The molecule has 0 unspecified atom stereocenters. The van der Waals surface area contributed by atoms with E-state index >= 15 is 0 Å². The van der Waals surface area contributed by atoms with Gasteiger partial charge in [-0.3, -0.25) is 14.6 Å². The highest BCUT2D eigenvalue weighted by atomic mass is 19.1. The number of anilines is 1. The fourth-order valence-corrected chi connectivity index (χ4v) is 3.72. The summed E-state index contributed by atoms with van der Waals surface area (Å²) >= 11 is 0. The van der Waals surface area contributed by atoms with Crippen molar-refractivity contribution in [3.05, 3.63) is 100 Å². The monoisotopic (exact) mass is 430 g/mol. The summed E-state index contributed by atoms with van der Waals surface area (Å²) in [4.78, 5) is 31.7. The average Bonchev–Trinajstić information content (AvgIpc) is 2.82. The number of pyridine rings is 1. The third kappa shape index (κ3) is 4.42. The number of fused-ring (bicyclic) bond motifs is 1. The van der Waals surface area contributed by atoms with Gasteiger partial charge >= 0.3 is 0 Å². The Kier molecular flexibility index (Phi) is 6.35. The van der Waals surface area contributed by atoms with Gasteiger partial charge in [0.15, 0.2) is 0 Å². The predicted molar refractivity (Wildman–Crippen MR) is 122 cm³/mol. The van der Waals surface area contributed by atoms with Gasteiger partial charge in [-0.2, -0.15) is 5.10 Å². The van der Waals surface area contributed by atoms with Crippen LogP contribution in [-0.2, 0) is 17.8 Å². The van der Waals surface area contributed by atoms with Crippen molar-refractivity contribution in [2.24, 2.45) is 0 Å². The molecule has 0 bridgehead atoms. The SMILES string of the molecule is CCCN(C(=O)Cn1nc(Cc2ccncc2)c2ccccc2c1=O)c1ccccc1F. The average molecular weight is 430 g/mol. The zero-order valence-electron chi connectivity index (χ0n) is 17.7. The molecule has 0 aliphatic heterocycles. The molecule has 32 heavy (non-hydrogen) atoms. The lowest BCUT2D eigenvalue weighted by Crippen LogP contribution is -2.38. The first-order chi connectivity index (χ1) is 15.6. The number of carbonyl (C=O) groups is 1. The Morgan fingerprint density at radius 2 is 1.69 bits per heavy atom. The normalized spacial score (nSPS) is 10.9. The van der Waals surface area contributed by atoms with Gasteiger partial charge in [0, 0.05) is 30.7 Å². The smallest absolute Gasteiger partial charge is 0.275 e. The Morgan fingerprint density at radius 3 is 2.41 bits per heavy atom. The van der Waals surface area contributed by atoms with Crippen molar-refractivity contribution in [2.45, 2.75) is 26.3 Å². The first kappa shape index (κ1) is 21.4.